The molecule has 0 fully saturated rings. The van der Waals surface area contributed by atoms with Crippen molar-refractivity contribution in [3.63, 3.8) is 0 Å². The van der Waals surface area contributed by atoms with E-state index >= 15 is 0 Å². The average Bonchev–Trinajstić information content (AvgIpc) is 2.37. The van der Waals surface area contributed by atoms with Crippen LogP contribution < -0.4 is 5.32 Å². The summed E-state index contributed by atoms with van der Waals surface area (Å²) in [6.07, 6.45) is -4.02. The number of nitrogens with one attached hydrogen (secondary N) is 1. The minimum absolute atomic E-state index is 0.199. The molecule has 0 aliphatic heterocycles. The third-order valence-electron chi connectivity index (χ3n) is 2.60. The van der Waals surface area contributed by atoms with E-state index in [4.69, 9.17) is 11.6 Å². The summed E-state index contributed by atoms with van der Waals surface area (Å²) in [5.41, 5.74) is -0.378. The van der Waals surface area contributed by atoms with E-state index < -0.39 is 17.6 Å². The second-order valence-corrected chi connectivity index (χ2v) is 4.50. The van der Waals surface area contributed by atoms with Crippen LogP contribution in [0.2, 0.25) is 5.28 Å². The fourth-order valence-electron chi connectivity index (χ4n) is 1.62. The molecule has 1 heterocycles. The van der Waals surface area contributed by atoms with Gasteiger partial charge in [-0.3, -0.25) is 4.79 Å². The highest BCUT2D eigenvalue weighted by molar-refractivity contribution is 6.28. The number of Topliss-reactive ketones (excluding diaryl/α,β-unsaturated/α-hetero) is 1. The zero-order valence-electron chi connectivity index (χ0n) is 10.7. The van der Waals surface area contributed by atoms with E-state index in [1.54, 1.807) is 12.1 Å². The van der Waals surface area contributed by atoms with Crippen LogP contribution in [-0.4, -0.2) is 15.8 Å². The predicted molar refractivity (Wildman–Crippen MR) is 71.8 cm³/mol. The number of hydrogen-bond donors (Lipinski definition) is 1. The maximum absolute atomic E-state index is 12.9. The molecule has 0 saturated carbocycles. The highest BCUT2D eigenvalue weighted by atomic mass is 35.5. The fourth-order valence-corrected chi connectivity index (χ4v) is 1.75. The largest absolute Gasteiger partial charge is 0.421 e. The van der Waals surface area contributed by atoms with Gasteiger partial charge in [0.25, 0.3) is 0 Å². The molecule has 0 spiro atoms. The van der Waals surface area contributed by atoms with Gasteiger partial charge < -0.3 is 5.32 Å². The normalized spacial score (nSPS) is 11.3. The van der Waals surface area contributed by atoms with Gasteiger partial charge in [-0.2, -0.15) is 18.2 Å². The molecule has 0 aliphatic rings. The van der Waals surface area contributed by atoms with Gasteiger partial charge in [0, 0.05) is 17.4 Å². The average molecular weight is 316 g/mol. The van der Waals surface area contributed by atoms with E-state index in [0.717, 1.165) is 0 Å². The molecule has 21 heavy (non-hydrogen) atoms. The lowest BCUT2D eigenvalue weighted by atomic mass is 10.1. The minimum atomic E-state index is -4.62. The number of nitrogens with zero attached hydrogens (tertiary/aromatic N) is 2. The second kappa shape index (κ2) is 5.69. The van der Waals surface area contributed by atoms with Crippen LogP contribution in [0.4, 0.5) is 24.7 Å². The number of ketones is 1. The summed E-state index contributed by atoms with van der Waals surface area (Å²) in [5.74, 6) is -0.668. The van der Waals surface area contributed by atoms with Crippen molar-refractivity contribution < 1.29 is 18.0 Å². The molecule has 0 aliphatic carbocycles. The quantitative estimate of drug-likeness (QED) is 0.684. The topological polar surface area (TPSA) is 54.9 Å². The lowest BCUT2D eigenvalue weighted by Crippen LogP contribution is -2.11. The summed E-state index contributed by atoms with van der Waals surface area (Å²) in [4.78, 5) is 18.2. The van der Waals surface area contributed by atoms with Crippen LogP contribution in [0.3, 0.4) is 0 Å². The summed E-state index contributed by atoms with van der Waals surface area (Å²) in [6.45, 7) is 1.36. The second-order valence-electron chi connectivity index (χ2n) is 4.16. The zero-order valence-corrected chi connectivity index (χ0v) is 11.5. The molecule has 0 unspecified atom stereocenters. The van der Waals surface area contributed by atoms with Crippen LogP contribution >= 0.6 is 11.6 Å². The van der Waals surface area contributed by atoms with Crippen LogP contribution in [0.1, 0.15) is 22.8 Å². The van der Waals surface area contributed by atoms with Gasteiger partial charge in [0.2, 0.25) is 5.28 Å². The number of carbonyl (C=O) groups excluding carboxylic acids is 1. The summed E-state index contributed by atoms with van der Waals surface area (Å²) in [7, 11) is 0. The number of carbonyl (C=O) groups is 1. The molecule has 2 rings (SSSR count). The van der Waals surface area contributed by atoms with Crippen molar-refractivity contribution in [2.24, 2.45) is 0 Å². The molecule has 1 aromatic heterocycles. The third kappa shape index (κ3) is 3.69. The summed E-state index contributed by atoms with van der Waals surface area (Å²) >= 11 is 5.53. The Morgan fingerprint density at radius 1 is 1.33 bits per heavy atom. The number of aromatic nitrogens is 2. The van der Waals surface area contributed by atoms with Crippen molar-refractivity contribution in [2.45, 2.75) is 13.1 Å². The highest BCUT2D eigenvalue weighted by Crippen LogP contribution is 2.35. The maximum atomic E-state index is 12.9. The zero-order chi connectivity index (χ0) is 15.6. The van der Waals surface area contributed by atoms with Crippen LogP contribution in [-0.2, 0) is 6.18 Å². The fraction of sp³-hybridized carbons (Fsp3) is 0.154. The van der Waals surface area contributed by atoms with E-state index in [1.165, 1.54) is 19.1 Å². The molecule has 1 N–H and O–H groups in total. The lowest BCUT2D eigenvalue weighted by molar-refractivity contribution is -0.137. The molecule has 1 aromatic carbocycles. The number of hydrogen-bond acceptors (Lipinski definition) is 4. The van der Waals surface area contributed by atoms with Gasteiger partial charge in [-0.1, -0.05) is 12.1 Å². The van der Waals surface area contributed by atoms with E-state index in [2.05, 4.69) is 15.3 Å². The first-order valence-corrected chi connectivity index (χ1v) is 6.13. The summed E-state index contributed by atoms with van der Waals surface area (Å²) in [6, 6.07) is 6.06. The molecular weight excluding hydrogens is 307 g/mol. The van der Waals surface area contributed by atoms with Crippen molar-refractivity contribution in [2.75, 3.05) is 5.32 Å². The highest BCUT2D eigenvalue weighted by Gasteiger charge is 2.35. The van der Waals surface area contributed by atoms with Crippen molar-refractivity contribution >= 4 is 28.9 Å². The van der Waals surface area contributed by atoms with Crippen molar-refractivity contribution in [3.8, 4) is 0 Å². The molecule has 0 bridgehead atoms. The molecule has 110 valence electrons. The van der Waals surface area contributed by atoms with Crippen molar-refractivity contribution in [1.82, 2.24) is 9.97 Å². The minimum Gasteiger partial charge on any atom is -0.340 e. The molecule has 0 atom stereocenters. The standard InChI is InChI=1S/C13H9ClF3N3O/c1-7(21)8-3-2-4-9(5-8)19-11-10(13(15,16)17)6-18-12(14)20-11/h2-6H,1H3,(H,18,19,20). The number of benzene rings is 1. The Kier molecular flexibility index (Phi) is 4.13. The predicted octanol–water partition coefficient (Wildman–Crippen LogP) is 4.10. The number of alkyl halides is 3. The van der Waals surface area contributed by atoms with Gasteiger partial charge in [0.05, 0.1) is 0 Å². The van der Waals surface area contributed by atoms with Crippen LogP contribution in [0, 0.1) is 0 Å². The van der Waals surface area contributed by atoms with E-state index in [1.807, 2.05) is 0 Å². The molecule has 2 aromatic rings. The Hall–Kier alpha value is -2.15. The van der Waals surface area contributed by atoms with Crippen LogP contribution in [0.15, 0.2) is 30.5 Å². The molecular formula is C13H9ClF3N3O. The van der Waals surface area contributed by atoms with Gasteiger partial charge in [0.1, 0.15) is 11.4 Å². The smallest absolute Gasteiger partial charge is 0.340 e. The SMILES string of the molecule is CC(=O)c1cccc(Nc2nc(Cl)ncc2C(F)(F)F)c1. The number of anilines is 2. The molecule has 0 amide bonds. The molecule has 4 nitrogen and oxygen atoms in total. The molecule has 0 radical (unpaired) electrons. The van der Waals surface area contributed by atoms with Gasteiger partial charge in [0.15, 0.2) is 5.78 Å². The molecule has 8 heteroatoms. The van der Waals surface area contributed by atoms with Gasteiger partial charge >= 0.3 is 6.18 Å². The van der Waals surface area contributed by atoms with Gasteiger partial charge in [-0.25, -0.2) is 4.98 Å². The Morgan fingerprint density at radius 2 is 2.05 bits per heavy atom. The summed E-state index contributed by atoms with van der Waals surface area (Å²) < 4.78 is 38.6. The Morgan fingerprint density at radius 3 is 2.67 bits per heavy atom. The maximum Gasteiger partial charge on any atom is 0.421 e. The lowest BCUT2D eigenvalue weighted by Gasteiger charge is -2.13. The van der Waals surface area contributed by atoms with Crippen molar-refractivity contribution in [1.29, 1.82) is 0 Å². The van der Waals surface area contributed by atoms with Crippen LogP contribution in [0.25, 0.3) is 0 Å². The Bertz CT molecular complexity index is 689. The van der Waals surface area contributed by atoms with E-state index in [-0.39, 0.29) is 11.1 Å². The van der Waals surface area contributed by atoms with Crippen LogP contribution in [0.5, 0.6) is 0 Å². The van der Waals surface area contributed by atoms with Gasteiger partial charge in [-0.15, -0.1) is 0 Å². The van der Waals surface area contributed by atoms with E-state index in [0.29, 0.717) is 17.4 Å². The van der Waals surface area contributed by atoms with E-state index in [9.17, 15) is 18.0 Å². The number of halogens is 4. The third-order valence-corrected chi connectivity index (χ3v) is 2.78. The first-order valence-electron chi connectivity index (χ1n) is 5.75. The first-order chi connectivity index (χ1) is 9.77. The monoisotopic (exact) mass is 315 g/mol. The van der Waals surface area contributed by atoms with Crippen molar-refractivity contribution in [3.05, 3.63) is 46.9 Å². The first kappa shape index (κ1) is 15.2. The van der Waals surface area contributed by atoms with Gasteiger partial charge in [-0.05, 0) is 30.7 Å². The summed E-state index contributed by atoms with van der Waals surface area (Å²) in [5, 5.41) is 2.20. The number of rotatable bonds is 3. The Balaban J connectivity index is 2.41. The molecule has 0 saturated heterocycles. The Labute approximate surface area is 123 Å².